The Balaban J connectivity index is 2.89. The van der Waals surface area contributed by atoms with Crippen molar-refractivity contribution in [3.8, 4) is 0 Å². The van der Waals surface area contributed by atoms with Gasteiger partial charge in [-0.15, -0.1) is 0 Å². The third kappa shape index (κ3) is 18.3. The van der Waals surface area contributed by atoms with Crippen LogP contribution < -0.4 is 43.0 Å². The van der Waals surface area contributed by atoms with Crippen molar-refractivity contribution < 1.29 is 48.6 Å². The standard InChI is InChI=1S/C31H48N8O10/c1-19(41)15-25(44)33-12-10-22(37-26(45)18-36-31(49)28(20(2)42)39-24(43)9-6-11-32)29(47)35-17-27(46)38-23(30(48)34-13-14-40)16-21-7-4-3-5-8-21/h3-5,7-8,14,19-20,22-23,28,41-42H,6,9-13,15-18,32H2,1-2H3,(H,33,44)(H,34,48)(H,35,47)(H,36,49)(H,37,45)(H,38,46)(H,39,43)/t19-,20-,22+,23-,28+/m1/s1. The van der Waals surface area contributed by atoms with Gasteiger partial charge in [0.1, 0.15) is 24.4 Å². The molecule has 1 aromatic rings. The summed E-state index contributed by atoms with van der Waals surface area (Å²) in [5.41, 5.74) is 6.10. The van der Waals surface area contributed by atoms with Gasteiger partial charge in [0.2, 0.25) is 41.4 Å². The number of aldehydes is 1. The predicted octanol–water partition coefficient (Wildman–Crippen LogP) is -4.37. The molecular formula is C31H48N8O10. The molecule has 0 spiro atoms. The van der Waals surface area contributed by atoms with Gasteiger partial charge >= 0.3 is 0 Å². The first-order valence-electron chi connectivity index (χ1n) is 15.8. The lowest BCUT2D eigenvalue weighted by Gasteiger charge is -2.22. The number of amides is 7. The van der Waals surface area contributed by atoms with Crippen LogP contribution in [-0.2, 0) is 44.8 Å². The molecule has 0 heterocycles. The van der Waals surface area contributed by atoms with Crippen LogP contribution in [0.15, 0.2) is 30.3 Å². The van der Waals surface area contributed by atoms with Crippen molar-refractivity contribution in [2.45, 2.75) is 76.3 Å². The molecule has 5 atom stereocenters. The van der Waals surface area contributed by atoms with Gasteiger partial charge in [0.15, 0.2) is 0 Å². The van der Waals surface area contributed by atoms with Crippen LogP contribution in [0, 0.1) is 0 Å². The van der Waals surface area contributed by atoms with Gasteiger partial charge in [-0.3, -0.25) is 33.6 Å². The molecule has 0 aliphatic heterocycles. The lowest BCUT2D eigenvalue weighted by molar-refractivity contribution is -0.133. The van der Waals surface area contributed by atoms with E-state index in [2.05, 4.69) is 37.2 Å². The van der Waals surface area contributed by atoms with Crippen molar-refractivity contribution in [2.75, 3.05) is 32.7 Å². The summed E-state index contributed by atoms with van der Waals surface area (Å²) in [4.78, 5) is 98.5. The Bertz CT molecular complexity index is 1260. The van der Waals surface area contributed by atoms with Gasteiger partial charge in [0, 0.05) is 19.4 Å². The van der Waals surface area contributed by atoms with Gasteiger partial charge in [-0.25, -0.2) is 0 Å². The van der Waals surface area contributed by atoms with Crippen LogP contribution in [0.1, 0.15) is 45.1 Å². The number of carbonyl (C=O) groups is 8. The largest absolute Gasteiger partial charge is 0.393 e. The topological polar surface area (TPSA) is 287 Å². The number of benzene rings is 1. The fourth-order valence-electron chi connectivity index (χ4n) is 4.26. The van der Waals surface area contributed by atoms with E-state index >= 15 is 0 Å². The van der Waals surface area contributed by atoms with Crippen molar-refractivity contribution in [3.63, 3.8) is 0 Å². The molecule has 1 rings (SSSR count). The van der Waals surface area contributed by atoms with Gasteiger partial charge in [0.05, 0.1) is 38.3 Å². The maximum absolute atomic E-state index is 13.1. The van der Waals surface area contributed by atoms with Crippen LogP contribution in [0.5, 0.6) is 0 Å². The fraction of sp³-hybridized carbons (Fsp3) is 0.548. The number of rotatable bonds is 23. The van der Waals surface area contributed by atoms with Crippen molar-refractivity contribution in [2.24, 2.45) is 5.73 Å². The van der Waals surface area contributed by atoms with Crippen LogP contribution in [0.3, 0.4) is 0 Å². The second kappa shape index (κ2) is 23.4. The Labute approximate surface area is 284 Å². The first-order valence-corrected chi connectivity index (χ1v) is 15.8. The van der Waals surface area contributed by atoms with E-state index in [-0.39, 0.29) is 45.3 Å². The number of aliphatic hydroxyl groups is 2. The quantitative estimate of drug-likeness (QED) is 0.0489. The average molecular weight is 693 g/mol. The highest BCUT2D eigenvalue weighted by molar-refractivity contribution is 5.94. The monoisotopic (exact) mass is 692 g/mol. The highest BCUT2D eigenvalue weighted by Crippen LogP contribution is 2.04. The van der Waals surface area contributed by atoms with Crippen LogP contribution in [0.25, 0.3) is 0 Å². The van der Waals surface area contributed by atoms with Crippen LogP contribution in [-0.4, -0.2) is 121 Å². The maximum Gasteiger partial charge on any atom is 0.245 e. The molecule has 1 aromatic carbocycles. The van der Waals surface area contributed by atoms with Crippen molar-refractivity contribution >= 4 is 47.6 Å². The molecule has 7 amide bonds. The minimum Gasteiger partial charge on any atom is -0.393 e. The van der Waals surface area contributed by atoms with Crippen LogP contribution >= 0.6 is 0 Å². The minimum atomic E-state index is -1.37. The number of hydrogen-bond donors (Lipinski definition) is 10. The van der Waals surface area contributed by atoms with E-state index < -0.39 is 84.8 Å². The zero-order valence-electron chi connectivity index (χ0n) is 27.7. The molecule has 18 heteroatoms. The van der Waals surface area contributed by atoms with Gasteiger partial charge in [-0.05, 0) is 38.8 Å². The second-order valence-corrected chi connectivity index (χ2v) is 11.1. The number of carbonyl (C=O) groups excluding carboxylic acids is 8. The maximum atomic E-state index is 13.1. The highest BCUT2D eigenvalue weighted by Gasteiger charge is 2.27. The Kier molecular flexibility index (Phi) is 20.1. The SMILES string of the molecule is C[C@@H](O)CC(=O)NCC[C@H](NC(=O)CNC(=O)[C@@H](NC(=O)CCCN)[C@@H](C)O)C(=O)NCC(=O)N[C@H](Cc1ccccc1)C(=O)NCC=O. The van der Waals surface area contributed by atoms with Gasteiger partial charge < -0.3 is 58.0 Å². The molecule has 0 radical (unpaired) electrons. The molecule has 0 aliphatic carbocycles. The molecule has 0 aliphatic rings. The van der Waals surface area contributed by atoms with E-state index in [1.54, 1.807) is 30.3 Å². The smallest absolute Gasteiger partial charge is 0.245 e. The lowest BCUT2D eigenvalue weighted by Crippen LogP contribution is -2.56. The molecule has 0 aromatic heterocycles. The van der Waals surface area contributed by atoms with Crippen molar-refractivity contribution in [3.05, 3.63) is 35.9 Å². The Hall–Kier alpha value is -4.94. The van der Waals surface area contributed by atoms with Crippen molar-refractivity contribution in [1.82, 2.24) is 37.2 Å². The first kappa shape index (κ1) is 42.1. The number of aliphatic hydroxyl groups excluding tert-OH is 2. The Morgan fingerprint density at radius 1 is 0.755 bits per heavy atom. The predicted molar refractivity (Wildman–Crippen MR) is 175 cm³/mol. The first-order chi connectivity index (χ1) is 23.3. The van der Waals surface area contributed by atoms with E-state index in [9.17, 15) is 48.6 Å². The van der Waals surface area contributed by atoms with E-state index in [0.717, 1.165) is 5.56 Å². The number of nitrogens with one attached hydrogen (secondary N) is 7. The third-order valence-electron chi connectivity index (χ3n) is 6.72. The molecule has 49 heavy (non-hydrogen) atoms. The molecule has 11 N–H and O–H groups in total. The van der Waals surface area contributed by atoms with E-state index in [4.69, 9.17) is 5.73 Å². The summed E-state index contributed by atoms with van der Waals surface area (Å²) in [6, 6.07) is 5.00. The summed E-state index contributed by atoms with van der Waals surface area (Å²) in [7, 11) is 0. The van der Waals surface area contributed by atoms with E-state index in [1.807, 2.05) is 0 Å². The van der Waals surface area contributed by atoms with Crippen LogP contribution in [0.4, 0.5) is 0 Å². The van der Waals surface area contributed by atoms with E-state index in [1.165, 1.54) is 13.8 Å². The summed E-state index contributed by atoms with van der Waals surface area (Å²) in [5.74, 6) is -4.96. The van der Waals surface area contributed by atoms with Gasteiger partial charge in [-0.1, -0.05) is 30.3 Å². The van der Waals surface area contributed by atoms with E-state index in [0.29, 0.717) is 12.7 Å². The highest BCUT2D eigenvalue weighted by atomic mass is 16.3. The normalized spacial score (nSPS) is 13.7. The summed E-state index contributed by atoms with van der Waals surface area (Å²) in [6.45, 7) is 1.29. The lowest BCUT2D eigenvalue weighted by atomic mass is 10.1. The van der Waals surface area contributed by atoms with Crippen LogP contribution in [0.2, 0.25) is 0 Å². The fourth-order valence-corrected chi connectivity index (χ4v) is 4.26. The molecule has 272 valence electrons. The zero-order valence-corrected chi connectivity index (χ0v) is 27.7. The second-order valence-electron chi connectivity index (χ2n) is 11.1. The van der Waals surface area contributed by atoms with Gasteiger partial charge in [0.25, 0.3) is 0 Å². The van der Waals surface area contributed by atoms with Crippen molar-refractivity contribution in [1.29, 1.82) is 0 Å². The molecule has 18 nitrogen and oxygen atoms in total. The summed E-state index contributed by atoms with van der Waals surface area (Å²) in [5, 5.41) is 36.2. The molecule has 0 fully saturated rings. The molecule has 0 saturated carbocycles. The average Bonchev–Trinajstić information content (AvgIpc) is 3.05. The molecule has 0 unspecified atom stereocenters. The molecule has 0 bridgehead atoms. The number of nitrogens with two attached hydrogens (primary N) is 1. The van der Waals surface area contributed by atoms with Gasteiger partial charge in [-0.2, -0.15) is 0 Å². The Morgan fingerprint density at radius 3 is 1.92 bits per heavy atom. The third-order valence-corrected chi connectivity index (χ3v) is 6.72. The Morgan fingerprint density at radius 2 is 1.35 bits per heavy atom. The number of hydrogen-bond acceptors (Lipinski definition) is 11. The summed E-state index contributed by atoms with van der Waals surface area (Å²) in [6.07, 6.45) is -1.61. The summed E-state index contributed by atoms with van der Waals surface area (Å²) >= 11 is 0. The summed E-state index contributed by atoms with van der Waals surface area (Å²) < 4.78 is 0. The molecular weight excluding hydrogens is 644 g/mol. The minimum absolute atomic E-state index is 0.0249. The molecule has 0 saturated heterocycles. The zero-order chi connectivity index (χ0) is 36.8.